The molecule has 0 saturated carbocycles. The monoisotopic (exact) mass is 270 g/mol. The summed E-state index contributed by atoms with van der Waals surface area (Å²) in [6.07, 6.45) is 2.50. The second-order valence-electron chi connectivity index (χ2n) is 4.65. The first-order chi connectivity index (χ1) is 8.39. The lowest BCUT2D eigenvalue weighted by molar-refractivity contribution is 0.518. The van der Waals surface area contributed by atoms with Gasteiger partial charge in [-0.25, -0.2) is 12.7 Å². The van der Waals surface area contributed by atoms with Crippen LogP contribution in [0.15, 0.2) is 29.2 Å². The fourth-order valence-electron chi connectivity index (χ4n) is 1.88. The van der Waals surface area contributed by atoms with Crippen LogP contribution in [-0.2, 0) is 16.4 Å². The van der Waals surface area contributed by atoms with E-state index in [1.807, 2.05) is 12.1 Å². The Hall–Kier alpha value is -0.910. The van der Waals surface area contributed by atoms with Gasteiger partial charge in [0.2, 0.25) is 10.0 Å². The highest BCUT2D eigenvalue weighted by atomic mass is 32.2. The highest BCUT2D eigenvalue weighted by Gasteiger charge is 2.21. The van der Waals surface area contributed by atoms with Gasteiger partial charge in [-0.15, -0.1) is 0 Å². The molecule has 4 nitrogen and oxygen atoms in total. The standard InChI is InChI=1S/C13H22N2O2S/c1-4-7-12(14)10-11-8-5-6-9-13(11)18(16,17)15(2)3/h5-6,8-9,12H,4,7,10,14H2,1-3H3. The first-order valence-electron chi connectivity index (χ1n) is 6.15. The van der Waals surface area contributed by atoms with E-state index in [9.17, 15) is 8.42 Å². The summed E-state index contributed by atoms with van der Waals surface area (Å²) in [6, 6.07) is 7.08. The molecule has 1 rings (SSSR count). The minimum Gasteiger partial charge on any atom is -0.327 e. The Labute approximate surface area is 110 Å². The van der Waals surface area contributed by atoms with Gasteiger partial charge in [-0.1, -0.05) is 31.5 Å². The molecule has 2 N–H and O–H groups in total. The minimum atomic E-state index is -3.39. The van der Waals surface area contributed by atoms with Crippen molar-refractivity contribution < 1.29 is 8.42 Å². The molecular weight excluding hydrogens is 248 g/mol. The molecule has 0 saturated heterocycles. The van der Waals surface area contributed by atoms with Crippen molar-refractivity contribution >= 4 is 10.0 Å². The summed E-state index contributed by atoms with van der Waals surface area (Å²) in [5, 5.41) is 0. The van der Waals surface area contributed by atoms with E-state index in [1.165, 1.54) is 18.4 Å². The Bertz CT molecular complexity index is 484. The van der Waals surface area contributed by atoms with E-state index < -0.39 is 10.0 Å². The molecule has 1 aromatic carbocycles. The van der Waals surface area contributed by atoms with Gasteiger partial charge < -0.3 is 5.73 Å². The number of hydrogen-bond acceptors (Lipinski definition) is 3. The molecule has 0 aliphatic heterocycles. The summed E-state index contributed by atoms with van der Waals surface area (Å²) in [5.74, 6) is 0. The first kappa shape index (κ1) is 15.1. The smallest absolute Gasteiger partial charge is 0.242 e. The second-order valence-corrected chi connectivity index (χ2v) is 6.77. The van der Waals surface area contributed by atoms with Crippen molar-refractivity contribution in [2.45, 2.75) is 37.1 Å². The van der Waals surface area contributed by atoms with E-state index in [2.05, 4.69) is 6.92 Å². The van der Waals surface area contributed by atoms with Crippen LogP contribution in [0.5, 0.6) is 0 Å². The van der Waals surface area contributed by atoms with Crippen LogP contribution in [-0.4, -0.2) is 32.9 Å². The summed E-state index contributed by atoms with van der Waals surface area (Å²) in [4.78, 5) is 0.363. The molecule has 0 bridgehead atoms. The van der Waals surface area contributed by atoms with Gasteiger partial charge in [0.05, 0.1) is 4.90 Å². The number of rotatable bonds is 6. The zero-order valence-electron chi connectivity index (χ0n) is 11.3. The maximum absolute atomic E-state index is 12.2. The quantitative estimate of drug-likeness (QED) is 0.854. The molecule has 5 heteroatoms. The predicted octanol–water partition coefficient (Wildman–Crippen LogP) is 1.61. The lowest BCUT2D eigenvalue weighted by Gasteiger charge is -2.17. The molecule has 0 aliphatic rings. The van der Waals surface area contributed by atoms with Gasteiger partial charge in [0, 0.05) is 20.1 Å². The van der Waals surface area contributed by atoms with E-state index in [4.69, 9.17) is 5.73 Å². The van der Waals surface area contributed by atoms with E-state index in [1.54, 1.807) is 12.1 Å². The topological polar surface area (TPSA) is 63.4 Å². The fourth-order valence-corrected chi connectivity index (χ4v) is 3.00. The second kappa shape index (κ2) is 6.31. The Balaban J connectivity index is 3.08. The predicted molar refractivity (Wildman–Crippen MR) is 73.9 cm³/mol. The zero-order chi connectivity index (χ0) is 13.8. The summed E-state index contributed by atoms with van der Waals surface area (Å²) in [6.45, 7) is 2.07. The fraction of sp³-hybridized carbons (Fsp3) is 0.538. The molecule has 102 valence electrons. The van der Waals surface area contributed by atoms with Crippen molar-refractivity contribution in [3.63, 3.8) is 0 Å². The molecular formula is C13H22N2O2S. The van der Waals surface area contributed by atoms with Gasteiger partial charge in [-0.3, -0.25) is 0 Å². The third-order valence-electron chi connectivity index (χ3n) is 2.87. The normalized spacial score (nSPS) is 13.8. The van der Waals surface area contributed by atoms with Crippen molar-refractivity contribution in [1.82, 2.24) is 4.31 Å². The van der Waals surface area contributed by atoms with Gasteiger partial charge >= 0.3 is 0 Å². The molecule has 1 atom stereocenters. The van der Waals surface area contributed by atoms with Gasteiger partial charge in [-0.05, 0) is 24.5 Å². The maximum Gasteiger partial charge on any atom is 0.242 e. The minimum absolute atomic E-state index is 0.00788. The van der Waals surface area contributed by atoms with Crippen molar-refractivity contribution in [3.05, 3.63) is 29.8 Å². The molecule has 1 aromatic rings. The van der Waals surface area contributed by atoms with E-state index in [-0.39, 0.29) is 6.04 Å². The zero-order valence-corrected chi connectivity index (χ0v) is 12.1. The van der Waals surface area contributed by atoms with Crippen molar-refractivity contribution in [2.24, 2.45) is 5.73 Å². The largest absolute Gasteiger partial charge is 0.327 e. The highest BCUT2D eigenvalue weighted by molar-refractivity contribution is 7.89. The third-order valence-corrected chi connectivity index (χ3v) is 4.79. The number of sulfonamides is 1. The van der Waals surface area contributed by atoms with E-state index in [0.717, 1.165) is 18.4 Å². The molecule has 1 unspecified atom stereocenters. The summed E-state index contributed by atoms with van der Waals surface area (Å²) >= 11 is 0. The number of nitrogens with two attached hydrogens (primary N) is 1. The number of benzene rings is 1. The summed E-state index contributed by atoms with van der Waals surface area (Å²) in [5.41, 5.74) is 6.79. The van der Waals surface area contributed by atoms with Crippen LogP contribution in [0.2, 0.25) is 0 Å². The Morgan fingerprint density at radius 3 is 2.44 bits per heavy atom. The molecule has 18 heavy (non-hydrogen) atoms. The van der Waals surface area contributed by atoms with Crippen LogP contribution >= 0.6 is 0 Å². The average Bonchev–Trinajstić information content (AvgIpc) is 2.29. The number of hydrogen-bond donors (Lipinski definition) is 1. The Kier molecular flexibility index (Phi) is 5.31. The van der Waals surface area contributed by atoms with Gasteiger partial charge in [0.25, 0.3) is 0 Å². The molecule has 0 radical (unpaired) electrons. The van der Waals surface area contributed by atoms with Crippen molar-refractivity contribution in [2.75, 3.05) is 14.1 Å². The molecule has 0 heterocycles. The van der Waals surface area contributed by atoms with Crippen LogP contribution < -0.4 is 5.73 Å². The average molecular weight is 270 g/mol. The maximum atomic E-state index is 12.2. The lowest BCUT2D eigenvalue weighted by atomic mass is 10.0. The van der Waals surface area contributed by atoms with Gasteiger partial charge in [0.1, 0.15) is 0 Å². The van der Waals surface area contributed by atoms with Crippen molar-refractivity contribution in [3.8, 4) is 0 Å². The third kappa shape index (κ3) is 3.54. The molecule has 0 aliphatic carbocycles. The summed E-state index contributed by atoms with van der Waals surface area (Å²) < 4.78 is 25.6. The highest BCUT2D eigenvalue weighted by Crippen LogP contribution is 2.20. The Morgan fingerprint density at radius 1 is 1.28 bits per heavy atom. The Morgan fingerprint density at radius 2 is 1.89 bits per heavy atom. The SMILES string of the molecule is CCCC(N)Cc1ccccc1S(=O)(=O)N(C)C. The first-order valence-corrected chi connectivity index (χ1v) is 7.59. The van der Waals surface area contributed by atoms with E-state index >= 15 is 0 Å². The van der Waals surface area contributed by atoms with Crippen LogP contribution in [0.3, 0.4) is 0 Å². The van der Waals surface area contributed by atoms with Gasteiger partial charge in [-0.2, -0.15) is 0 Å². The molecule has 0 aromatic heterocycles. The van der Waals surface area contributed by atoms with Crippen LogP contribution in [0, 0.1) is 0 Å². The van der Waals surface area contributed by atoms with Crippen LogP contribution in [0.4, 0.5) is 0 Å². The van der Waals surface area contributed by atoms with Crippen molar-refractivity contribution in [1.29, 1.82) is 0 Å². The van der Waals surface area contributed by atoms with E-state index in [0.29, 0.717) is 11.3 Å². The van der Waals surface area contributed by atoms with Crippen LogP contribution in [0.1, 0.15) is 25.3 Å². The molecule has 0 fully saturated rings. The van der Waals surface area contributed by atoms with Crippen LogP contribution in [0.25, 0.3) is 0 Å². The number of nitrogens with zero attached hydrogens (tertiary/aromatic N) is 1. The molecule has 0 amide bonds. The summed E-state index contributed by atoms with van der Waals surface area (Å²) in [7, 11) is -0.311. The molecule has 0 spiro atoms. The van der Waals surface area contributed by atoms with Gasteiger partial charge in [0.15, 0.2) is 0 Å². The lowest BCUT2D eigenvalue weighted by Crippen LogP contribution is -2.26.